The van der Waals surface area contributed by atoms with Crippen molar-refractivity contribution in [1.82, 2.24) is 0 Å². The normalized spacial score (nSPS) is 54.0. The molecule has 0 saturated heterocycles. The summed E-state index contributed by atoms with van der Waals surface area (Å²) in [7, 11) is 0. The van der Waals surface area contributed by atoms with E-state index in [-0.39, 0.29) is 11.7 Å². The Hall–Kier alpha value is -0.0800. The molecule has 4 saturated carbocycles. The molecule has 1 N–H and O–H groups in total. The number of aliphatic hydroxyl groups is 1. The minimum Gasteiger partial charge on any atom is -0.387 e. The van der Waals surface area contributed by atoms with Gasteiger partial charge in [-0.05, 0) is 70.1 Å². The molecule has 0 aromatic heterocycles. The van der Waals surface area contributed by atoms with Crippen LogP contribution in [0.4, 0.5) is 0 Å². The molecule has 4 unspecified atom stereocenters. The van der Waals surface area contributed by atoms with Gasteiger partial charge in [0.1, 0.15) is 0 Å². The molecule has 17 heavy (non-hydrogen) atoms. The van der Waals surface area contributed by atoms with E-state index in [0.29, 0.717) is 5.92 Å². The zero-order valence-electron chi connectivity index (χ0n) is 11.4. The van der Waals surface area contributed by atoms with Crippen LogP contribution in [0.25, 0.3) is 0 Å². The third kappa shape index (κ3) is 1.60. The highest BCUT2D eigenvalue weighted by Crippen LogP contribution is 2.61. The predicted octanol–water partition coefficient (Wildman–Crippen LogP) is 3.13. The van der Waals surface area contributed by atoms with E-state index < -0.39 is 5.60 Å². The molecular weight excluding hydrogens is 212 g/mol. The Balaban J connectivity index is 1.90. The summed E-state index contributed by atoms with van der Waals surface area (Å²) in [6.45, 7) is 6.35. The largest absolute Gasteiger partial charge is 0.387 e. The van der Waals surface area contributed by atoms with E-state index in [1.54, 1.807) is 0 Å². The molecule has 98 valence electrons. The summed E-state index contributed by atoms with van der Waals surface area (Å²) < 4.78 is 6.36. The third-order valence-corrected chi connectivity index (χ3v) is 5.86. The van der Waals surface area contributed by atoms with Gasteiger partial charge in [0.2, 0.25) is 0 Å². The Morgan fingerprint density at radius 3 is 2.35 bits per heavy atom. The van der Waals surface area contributed by atoms with E-state index in [9.17, 15) is 5.11 Å². The molecule has 0 aliphatic heterocycles. The third-order valence-electron chi connectivity index (χ3n) is 5.86. The van der Waals surface area contributed by atoms with Gasteiger partial charge in [0.05, 0.1) is 17.3 Å². The molecule has 2 nitrogen and oxygen atoms in total. The fourth-order valence-corrected chi connectivity index (χ4v) is 4.84. The van der Waals surface area contributed by atoms with Crippen LogP contribution in [0.3, 0.4) is 0 Å². The van der Waals surface area contributed by atoms with Crippen LogP contribution in [0.2, 0.25) is 0 Å². The molecule has 0 amide bonds. The Morgan fingerprint density at radius 1 is 1.24 bits per heavy atom. The average Bonchev–Trinajstić information content (AvgIpc) is 2.25. The maximum Gasteiger partial charge on any atom is 0.0976 e. The van der Waals surface area contributed by atoms with Gasteiger partial charge in [0, 0.05) is 0 Å². The zero-order valence-corrected chi connectivity index (χ0v) is 11.4. The summed E-state index contributed by atoms with van der Waals surface area (Å²) in [6.07, 6.45) is 7.35. The predicted molar refractivity (Wildman–Crippen MR) is 67.7 cm³/mol. The lowest BCUT2D eigenvalue weighted by molar-refractivity contribution is -0.290. The van der Waals surface area contributed by atoms with Crippen LogP contribution in [0, 0.1) is 17.8 Å². The first-order chi connectivity index (χ1) is 7.97. The van der Waals surface area contributed by atoms with E-state index >= 15 is 0 Å². The first kappa shape index (κ1) is 12.0. The van der Waals surface area contributed by atoms with Gasteiger partial charge in [-0.15, -0.1) is 0 Å². The van der Waals surface area contributed by atoms with Crippen LogP contribution in [0.5, 0.6) is 0 Å². The highest BCUT2D eigenvalue weighted by molar-refractivity contribution is 5.15. The summed E-state index contributed by atoms with van der Waals surface area (Å²) in [6, 6.07) is 0. The minimum absolute atomic E-state index is 0.225. The van der Waals surface area contributed by atoms with E-state index in [4.69, 9.17) is 4.74 Å². The van der Waals surface area contributed by atoms with E-state index in [1.165, 1.54) is 19.3 Å². The quantitative estimate of drug-likeness (QED) is 0.818. The van der Waals surface area contributed by atoms with Gasteiger partial charge in [-0.25, -0.2) is 0 Å². The molecular formula is C15H26O2. The molecule has 4 aliphatic rings. The van der Waals surface area contributed by atoms with Crippen molar-refractivity contribution in [2.75, 3.05) is 0 Å². The molecule has 4 aliphatic carbocycles. The van der Waals surface area contributed by atoms with Crippen LogP contribution in [0.15, 0.2) is 0 Å². The molecule has 0 aromatic rings. The van der Waals surface area contributed by atoms with Gasteiger partial charge in [0.25, 0.3) is 0 Å². The summed E-state index contributed by atoms with van der Waals surface area (Å²) in [5, 5.41) is 11.0. The Morgan fingerprint density at radius 2 is 1.82 bits per heavy atom. The monoisotopic (exact) mass is 238 g/mol. The van der Waals surface area contributed by atoms with Crippen molar-refractivity contribution in [2.45, 2.75) is 76.6 Å². The smallest absolute Gasteiger partial charge is 0.0976 e. The lowest BCUT2D eigenvalue weighted by Gasteiger charge is -2.64. The van der Waals surface area contributed by atoms with Crippen LogP contribution < -0.4 is 0 Å². The second kappa shape index (κ2) is 3.71. The van der Waals surface area contributed by atoms with Crippen molar-refractivity contribution in [1.29, 1.82) is 0 Å². The molecule has 4 bridgehead atoms. The van der Waals surface area contributed by atoms with Crippen LogP contribution in [0.1, 0.15) is 59.3 Å². The number of hydrogen-bond acceptors (Lipinski definition) is 2. The Labute approximate surface area is 105 Å². The average molecular weight is 238 g/mol. The maximum atomic E-state index is 11.0. The topological polar surface area (TPSA) is 29.5 Å². The van der Waals surface area contributed by atoms with E-state index in [0.717, 1.165) is 31.1 Å². The summed E-state index contributed by atoms with van der Waals surface area (Å²) >= 11 is 0. The zero-order chi connectivity index (χ0) is 12.3. The molecule has 0 radical (unpaired) electrons. The van der Waals surface area contributed by atoms with E-state index in [1.807, 2.05) is 6.92 Å². The van der Waals surface area contributed by atoms with Gasteiger partial charge >= 0.3 is 0 Å². The Bertz CT molecular complexity index is 296. The van der Waals surface area contributed by atoms with Gasteiger partial charge in [-0.1, -0.05) is 6.92 Å². The molecule has 4 rings (SSSR count). The lowest BCUT2D eigenvalue weighted by atomic mass is 9.48. The SMILES string of the molecule is CCC(C)OC12CC3CC(CC(C3)C1(C)O)C2. The van der Waals surface area contributed by atoms with Crippen molar-refractivity contribution < 1.29 is 9.84 Å². The van der Waals surface area contributed by atoms with Crippen molar-refractivity contribution in [2.24, 2.45) is 17.8 Å². The summed E-state index contributed by atoms with van der Waals surface area (Å²) in [5.41, 5.74) is -0.818. The molecule has 0 spiro atoms. The fraction of sp³-hybridized carbons (Fsp3) is 1.00. The van der Waals surface area contributed by atoms with Crippen molar-refractivity contribution in [3.05, 3.63) is 0 Å². The highest BCUT2D eigenvalue weighted by Gasteiger charge is 2.64. The Kier molecular flexibility index (Phi) is 2.61. The number of rotatable bonds is 3. The summed E-state index contributed by atoms with van der Waals surface area (Å²) in [4.78, 5) is 0. The molecule has 4 atom stereocenters. The minimum atomic E-state index is -0.593. The van der Waals surface area contributed by atoms with Gasteiger partial charge in [0.15, 0.2) is 0 Å². The van der Waals surface area contributed by atoms with Gasteiger partial charge in [-0.3, -0.25) is 0 Å². The van der Waals surface area contributed by atoms with Crippen molar-refractivity contribution in [3.8, 4) is 0 Å². The number of ether oxygens (including phenoxy) is 1. The molecule has 0 heterocycles. The standard InChI is InChI=1S/C15H26O2/c1-4-10(2)17-15-8-11-5-12(9-15)7-13(6-11)14(15,3)16/h10-13,16H,4-9H2,1-3H3. The lowest BCUT2D eigenvalue weighted by Crippen LogP contribution is -2.69. The van der Waals surface area contributed by atoms with Crippen molar-refractivity contribution >= 4 is 0 Å². The van der Waals surface area contributed by atoms with Crippen molar-refractivity contribution in [3.63, 3.8) is 0 Å². The maximum absolute atomic E-state index is 11.0. The van der Waals surface area contributed by atoms with Crippen LogP contribution >= 0.6 is 0 Å². The summed E-state index contributed by atoms with van der Waals surface area (Å²) in [5.74, 6) is 2.12. The number of hydrogen-bond donors (Lipinski definition) is 1. The second-order valence-electron chi connectivity index (χ2n) is 7.02. The van der Waals surface area contributed by atoms with Crippen LogP contribution in [-0.2, 0) is 4.74 Å². The fourth-order valence-electron chi connectivity index (χ4n) is 4.84. The van der Waals surface area contributed by atoms with Gasteiger partial charge < -0.3 is 9.84 Å². The second-order valence-corrected chi connectivity index (χ2v) is 7.02. The van der Waals surface area contributed by atoms with Crippen LogP contribution in [-0.4, -0.2) is 22.4 Å². The first-order valence-corrected chi connectivity index (χ1v) is 7.37. The van der Waals surface area contributed by atoms with E-state index in [2.05, 4.69) is 13.8 Å². The first-order valence-electron chi connectivity index (χ1n) is 7.37. The molecule has 0 aromatic carbocycles. The molecule has 4 fully saturated rings. The van der Waals surface area contributed by atoms with Gasteiger partial charge in [-0.2, -0.15) is 0 Å². The highest BCUT2D eigenvalue weighted by atomic mass is 16.5. The molecule has 2 heteroatoms.